The highest BCUT2D eigenvalue weighted by atomic mass is 16.3. The standard InChI is InChI=1S/C20H17N3O5/c24-12-6-4-11(5-7-12)10-21-14-3-1-2-13-17(14)20(28)23(19(13)27)15-8-9-16(25)22-18(15)26/h1-7,15,21,24H,8-10H2,(H,22,25,26). The molecule has 1 unspecified atom stereocenters. The first-order valence-electron chi connectivity index (χ1n) is 8.82. The summed E-state index contributed by atoms with van der Waals surface area (Å²) in [5, 5.41) is 14.7. The van der Waals surface area contributed by atoms with Gasteiger partial charge in [0.1, 0.15) is 11.8 Å². The molecule has 28 heavy (non-hydrogen) atoms. The molecule has 8 nitrogen and oxygen atoms in total. The van der Waals surface area contributed by atoms with Crippen LogP contribution in [0, 0.1) is 0 Å². The van der Waals surface area contributed by atoms with Crippen LogP contribution in [0.25, 0.3) is 0 Å². The Kier molecular flexibility index (Phi) is 4.31. The summed E-state index contributed by atoms with van der Waals surface area (Å²) in [6, 6.07) is 10.5. The number of fused-ring (bicyclic) bond motifs is 1. The molecule has 0 saturated carbocycles. The number of nitrogens with one attached hydrogen (secondary N) is 2. The molecule has 142 valence electrons. The predicted molar refractivity (Wildman–Crippen MR) is 98.5 cm³/mol. The number of nitrogens with zero attached hydrogens (tertiary/aromatic N) is 1. The van der Waals surface area contributed by atoms with Crippen LogP contribution in [0.1, 0.15) is 39.1 Å². The lowest BCUT2D eigenvalue weighted by Gasteiger charge is -2.27. The number of rotatable bonds is 4. The summed E-state index contributed by atoms with van der Waals surface area (Å²) >= 11 is 0. The monoisotopic (exact) mass is 379 g/mol. The highest BCUT2D eigenvalue weighted by Gasteiger charge is 2.45. The predicted octanol–water partition coefficient (Wildman–Crippen LogP) is 1.41. The van der Waals surface area contributed by atoms with Crippen molar-refractivity contribution in [1.29, 1.82) is 0 Å². The molecule has 0 aromatic heterocycles. The number of anilines is 1. The number of benzene rings is 2. The van der Waals surface area contributed by atoms with E-state index in [1.54, 1.807) is 42.5 Å². The first kappa shape index (κ1) is 17.7. The first-order valence-corrected chi connectivity index (χ1v) is 8.82. The number of aromatic hydroxyl groups is 1. The summed E-state index contributed by atoms with van der Waals surface area (Å²) in [7, 11) is 0. The number of carbonyl (C=O) groups excluding carboxylic acids is 4. The third-order valence-electron chi connectivity index (χ3n) is 4.89. The Morgan fingerprint density at radius 3 is 2.50 bits per heavy atom. The fourth-order valence-electron chi connectivity index (χ4n) is 3.47. The van der Waals surface area contributed by atoms with Crippen LogP contribution in [0.4, 0.5) is 5.69 Å². The zero-order chi connectivity index (χ0) is 19.8. The van der Waals surface area contributed by atoms with Crippen molar-refractivity contribution in [2.24, 2.45) is 0 Å². The molecule has 1 fully saturated rings. The normalized spacial score (nSPS) is 18.9. The van der Waals surface area contributed by atoms with E-state index in [9.17, 15) is 24.3 Å². The average Bonchev–Trinajstić information content (AvgIpc) is 2.93. The number of amides is 4. The molecule has 2 aliphatic heterocycles. The third kappa shape index (κ3) is 2.98. The summed E-state index contributed by atoms with van der Waals surface area (Å²) in [6.07, 6.45) is 0.197. The molecule has 0 spiro atoms. The number of piperidine rings is 1. The summed E-state index contributed by atoms with van der Waals surface area (Å²) in [4.78, 5) is 50.2. The van der Waals surface area contributed by atoms with E-state index >= 15 is 0 Å². The molecule has 2 aromatic rings. The van der Waals surface area contributed by atoms with Gasteiger partial charge < -0.3 is 10.4 Å². The number of hydrogen-bond acceptors (Lipinski definition) is 6. The zero-order valence-corrected chi connectivity index (χ0v) is 14.8. The quantitative estimate of drug-likeness (QED) is 0.692. The van der Waals surface area contributed by atoms with Crippen molar-refractivity contribution in [1.82, 2.24) is 10.2 Å². The Morgan fingerprint density at radius 2 is 1.79 bits per heavy atom. The zero-order valence-electron chi connectivity index (χ0n) is 14.8. The highest BCUT2D eigenvalue weighted by molar-refractivity contribution is 6.25. The van der Waals surface area contributed by atoms with E-state index in [1.807, 2.05) is 0 Å². The number of phenolic OH excluding ortho intramolecular Hbond substituents is 1. The molecule has 3 N–H and O–H groups in total. The molecule has 0 radical (unpaired) electrons. The van der Waals surface area contributed by atoms with Gasteiger partial charge in [-0.1, -0.05) is 18.2 Å². The molecular weight excluding hydrogens is 362 g/mol. The minimum atomic E-state index is -0.991. The minimum Gasteiger partial charge on any atom is -0.508 e. The molecule has 2 aromatic carbocycles. The van der Waals surface area contributed by atoms with Crippen LogP contribution in [-0.4, -0.2) is 39.7 Å². The number of imide groups is 2. The van der Waals surface area contributed by atoms with Crippen molar-refractivity contribution >= 4 is 29.3 Å². The van der Waals surface area contributed by atoms with Crippen LogP contribution < -0.4 is 10.6 Å². The van der Waals surface area contributed by atoms with E-state index in [-0.39, 0.29) is 29.7 Å². The molecule has 4 amide bonds. The molecular formula is C20H17N3O5. The topological polar surface area (TPSA) is 116 Å². The van der Waals surface area contributed by atoms with Gasteiger partial charge in [0.15, 0.2) is 0 Å². The molecule has 2 aliphatic rings. The fourth-order valence-corrected chi connectivity index (χ4v) is 3.47. The van der Waals surface area contributed by atoms with E-state index in [0.29, 0.717) is 12.2 Å². The number of hydrogen-bond donors (Lipinski definition) is 3. The molecule has 0 bridgehead atoms. The SMILES string of the molecule is O=C1CCC(N2C(=O)c3cccc(NCc4ccc(O)cc4)c3C2=O)C(=O)N1. The van der Waals surface area contributed by atoms with Crippen LogP contribution >= 0.6 is 0 Å². The van der Waals surface area contributed by atoms with Gasteiger partial charge in [0.2, 0.25) is 11.8 Å². The van der Waals surface area contributed by atoms with Crippen molar-refractivity contribution in [3.63, 3.8) is 0 Å². The molecule has 8 heteroatoms. The molecule has 1 saturated heterocycles. The second-order valence-corrected chi connectivity index (χ2v) is 6.70. The van der Waals surface area contributed by atoms with Crippen molar-refractivity contribution in [3.8, 4) is 5.75 Å². The van der Waals surface area contributed by atoms with Gasteiger partial charge in [0.25, 0.3) is 11.8 Å². The van der Waals surface area contributed by atoms with Gasteiger partial charge in [-0.05, 0) is 36.2 Å². The van der Waals surface area contributed by atoms with Gasteiger partial charge in [-0.25, -0.2) is 0 Å². The van der Waals surface area contributed by atoms with E-state index in [0.717, 1.165) is 10.5 Å². The maximum Gasteiger partial charge on any atom is 0.264 e. The number of phenols is 1. The first-order chi connectivity index (χ1) is 13.5. The second kappa shape index (κ2) is 6.80. The van der Waals surface area contributed by atoms with Gasteiger partial charge in [0, 0.05) is 18.7 Å². The van der Waals surface area contributed by atoms with Gasteiger partial charge in [-0.3, -0.25) is 29.4 Å². The van der Waals surface area contributed by atoms with Crippen LogP contribution in [0.2, 0.25) is 0 Å². The van der Waals surface area contributed by atoms with Crippen LogP contribution in [0.15, 0.2) is 42.5 Å². The molecule has 4 rings (SSSR count). The Bertz CT molecular complexity index is 999. The summed E-state index contributed by atoms with van der Waals surface area (Å²) < 4.78 is 0. The summed E-state index contributed by atoms with van der Waals surface area (Å²) in [5.41, 5.74) is 1.81. The fraction of sp³-hybridized carbons (Fsp3) is 0.200. The van der Waals surface area contributed by atoms with Gasteiger partial charge in [0.05, 0.1) is 11.1 Å². The Morgan fingerprint density at radius 1 is 1.04 bits per heavy atom. The van der Waals surface area contributed by atoms with Gasteiger partial charge in [-0.2, -0.15) is 0 Å². The molecule has 0 aliphatic carbocycles. The van der Waals surface area contributed by atoms with Crippen molar-refractivity contribution < 1.29 is 24.3 Å². The third-order valence-corrected chi connectivity index (χ3v) is 4.89. The van der Waals surface area contributed by atoms with Gasteiger partial charge >= 0.3 is 0 Å². The van der Waals surface area contributed by atoms with E-state index in [1.165, 1.54) is 0 Å². The van der Waals surface area contributed by atoms with Crippen LogP contribution in [-0.2, 0) is 16.1 Å². The van der Waals surface area contributed by atoms with E-state index in [2.05, 4.69) is 10.6 Å². The summed E-state index contributed by atoms with van der Waals surface area (Å²) in [6.45, 7) is 0.386. The lowest BCUT2D eigenvalue weighted by atomic mass is 10.0. The van der Waals surface area contributed by atoms with E-state index in [4.69, 9.17) is 0 Å². The van der Waals surface area contributed by atoms with Gasteiger partial charge in [-0.15, -0.1) is 0 Å². The van der Waals surface area contributed by atoms with Crippen LogP contribution in [0.3, 0.4) is 0 Å². The molecule has 1 atom stereocenters. The maximum atomic E-state index is 13.0. The van der Waals surface area contributed by atoms with Crippen molar-refractivity contribution in [3.05, 3.63) is 59.2 Å². The molecule has 2 heterocycles. The largest absolute Gasteiger partial charge is 0.508 e. The van der Waals surface area contributed by atoms with Crippen molar-refractivity contribution in [2.75, 3.05) is 5.32 Å². The Labute approximate surface area is 160 Å². The smallest absolute Gasteiger partial charge is 0.264 e. The Balaban J connectivity index is 1.59. The number of carbonyl (C=O) groups is 4. The summed E-state index contributed by atoms with van der Waals surface area (Å²) in [5.74, 6) is -1.98. The maximum absolute atomic E-state index is 13.0. The van der Waals surface area contributed by atoms with Crippen molar-refractivity contribution in [2.45, 2.75) is 25.4 Å². The Hall–Kier alpha value is -3.68. The lowest BCUT2D eigenvalue weighted by Crippen LogP contribution is -2.54. The highest BCUT2D eigenvalue weighted by Crippen LogP contribution is 2.32. The second-order valence-electron chi connectivity index (χ2n) is 6.70. The minimum absolute atomic E-state index is 0.0791. The van der Waals surface area contributed by atoms with E-state index < -0.39 is 29.7 Å². The average molecular weight is 379 g/mol. The lowest BCUT2D eigenvalue weighted by molar-refractivity contribution is -0.136. The van der Waals surface area contributed by atoms with Crippen LogP contribution in [0.5, 0.6) is 5.75 Å².